The van der Waals surface area contributed by atoms with E-state index in [0.29, 0.717) is 0 Å². The maximum atomic E-state index is 13.0. The van der Waals surface area contributed by atoms with Crippen molar-refractivity contribution in [2.45, 2.75) is 30.4 Å². The summed E-state index contributed by atoms with van der Waals surface area (Å²) in [5.74, 6) is -1.69. The quantitative estimate of drug-likeness (QED) is 0.851. The van der Waals surface area contributed by atoms with Gasteiger partial charge in [0.25, 0.3) is 0 Å². The minimum absolute atomic E-state index is 0.198. The number of benzene rings is 1. The van der Waals surface area contributed by atoms with Crippen LogP contribution in [-0.4, -0.2) is 33.1 Å². The third-order valence-corrected chi connectivity index (χ3v) is 7.29. The third-order valence-electron chi connectivity index (χ3n) is 2.71. The van der Waals surface area contributed by atoms with Crippen LogP contribution < -0.4 is 0 Å². The zero-order chi connectivity index (χ0) is 14.9. The molecule has 0 radical (unpaired) electrons. The number of hydrogen-bond acceptors (Lipinski definition) is 4. The van der Waals surface area contributed by atoms with Crippen LogP contribution in [0.25, 0.3) is 0 Å². The van der Waals surface area contributed by atoms with Gasteiger partial charge in [0.05, 0.1) is 21.1 Å². The van der Waals surface area contributed by atoms with Crippen molar-refractivity contribution >= 4 is 19.7 Å². The highest BCUT2D eigenvalue weighted by Crippen LogP contribution is 2.18. The molecule has 1 aromatic rings. The van der Waals surface area contributed by atoms with Crippen molar-refractivity contribution in [2.75, 3.05) is 11.5 Å². The highest BCUT2D eigenvalue weighted by molar-refractivity contribution is 7.95. The van der Waals surface area contributed by atoms with Crippen molar-refractivity contribution in [3.63, 3.8) is 0 Å². The van der Waals surface area contributed by atoms with Gasteiger partial charge in [-0.15, -0.1) is 0 Å². The summed E-state index contributed by atoms with van der Waals surface area (Å²) in [5.41, 5.74) is 0. The molecule has 0 saturated carbocycles. The Kier molecular flexibility index (Phi) is 4.41. The Morgan fingerprint density at radius 3 is 2.11 bits per heavy atom. The fourth-order valence-corrected chi connectivity index (χ4v) is 4.49. The van der Waals surface area contributed by atoms with E-state index in [1.807, 2.05) is 0 Å². The first-order chi connectivity index (χ1) is 8.46. The van der Waals surface area contributed by atoms with E-state index in [4.69, 9.17) is 0 Å². The molecule has 4 nitrogen and oxygen atoms in total. The number of hydrogen-bond donors (Lipinski definition) is 0. The molecule has 0 aromatic heterocycles. The normalized spacial score (nSPS) is 13.5. The van der Waals surface area contributed by atoms with Crippen molar-refractivity contribution < 1.29 is 21.2 Å². The second kappa shape index (κ2) is 5.20. The van der Waals surface area contributed by atoms with Gasteiger partial charge in [-0.05, 0) is 39.0 Å². The van der Waals surface area contributed by atoms with Gasteiger partial charge >= 0.3 is 0 Å². The Morgan fingerprint density at radius 2 is 1.63 bits per heavy atom. The summed E-state index contributed by atoms with van der Waals surface area (Å²) < 4.78 is 59.5. The molecule has 7 heteroatoms. The molecule has 1 aromatic carbocycles. The maximum absolute atomic E-state index is 13.0. The first-order valence-corrected chi connectivity index (χ1v) is 8.97. The second-order valence-corrected chi connectivity index (χ2v) is 10.2. The Bertz CT molecular complexity index is 655. The molecule has 108 valence electrons. The fourth-order valence-electron chi connectivity index (χ4n) is 1.30. The van der Waals surface area contributed by atoms with Crippen molar-refractivity contribution in [2.24, 2.45) is 0 Å². The van der Waals surface area contributed by atoms with Gasteiger partial charge in [0, 0.05) is 0 Å². The van der Waals surface area contributed by atoms with Crippen LogP contribution >= 0.6 is 0 Å². The lowest BCUT2D eigenvalue weighted by Gasteiger charge is -2.18. The largest absolute Gasteiger partial charge is 0.228 e. The van der Waals surface area contributed by atoms with Gasteiger partial charge in [-0.1, -0.05) is 6.07 Å². The molecular formula is C12H17FO4S2. The standard InChI is InChI=1S/C12H17FO4S2/c1-12(2,3)19(16,17)8-7-18(14,15)11-6-4-5-10(13)9-11/h4-6,9H,7-8H2,1-3H3. The molecule has 0 unspecified atom stereocenters. The molecule has 0 aliphatic carbocycles. The molecular weight excluding hydrogens is 291 g/mol. The van der Waals surface area contributed by atoms with Crippen molar-refractivity contribution in [1.29, 1.82) is 0 Å². The van der Waals surface area contributed by atoms with Crippen LogP contribution in [0.5, 0.6) is 0 Å². The first-order valence-electron chi connectivity index (χ1n) is 5.66. The van der Waals surface area contributed by atoms with Gasteiger partial charge in [0.1, 0.15) is 5.82 Å². The van der Waals surface area contributed by atoms with Crippen LogP contribution in [0, 0.1) is 5.82 Å². The molecule has 0 amide bonds. The number of sulfone groups is 2. The van der Waals surface area contributed by atoms with E-state index in [2.05, 4.69) is 0 Å². The van der Waals surface area contributed by atoms with Crippen LogP contribution in [0.3, 0.4) is 0 Å². The average molecular weight is 308 g/mol. The Balaban J connectivity index is 2.95. The summed E-state index contributed by atoms with van der Waals surface area (Å²) in [5, 5.41) is 0. The van der Waals surface area contributed by atoms with Gasteiger partial charge < -0.3 is 0 Å². The predicted molar refractivity (Wildman–Crippen MR) is 72.0 cm³/mol. The lowest BCUT2D eigenvalue weighted by atomic mass is 10.3. The highest BCUT2D eigenvalue weighted by Gasteiger charge is 2.30. The number of halogens is 1. The van der Waals surface area contributed by atoms with Gasteiger partial charge in [-0.2, -0.15) is 0 Å². The van der Waals surface area contributed by atoms with Gasteiger partial charge in [0.15, 0.2) is 19.7 Å². The van der Waals surface area contributed by atoms with Crippen LogP contribution in [-0.2, 0) is 19.7 Å². The Labute approximate surface area is 113 Å². The summed E-state index contributed by atoms with van der Waals surface area (Å²) in [7, 11) is -7.32. The summed E-state index contributed by atoms with van der Waals surface area (Å²) in [6.07, 6.45) is 0. The van der Waals surface area contributed by atoms with Crippen molar-refractivity contribution in [1.82, 2.24) is 0 Å². The molecule has 0 aliphatic rings. The van der Waals surface area contributed by atoms with Gasteiger partial charge in [-0.3, -0.25) is 0 Å². The van der Waals surface area contributed by atoms with E-state index in [-0.39, 0.29) is 4.90 Å². The van der Waals surface area contributed by atoms with E-state index < -0.39 is 41.7 Å². The molecule has 0 fully saturated rings. The van der Waals surface area contributed by atoms with Crippen LogP contribution in [0.4, 0.5) is 4.39 Å². The van der Waals surface area contributed by atoms with E-state index >= 15 is 0 Å². The van der Waals surface area contributed by atoms with E-state index in [0.717, 1.165) is 12.1 Å². The molecule has 0 saturated heterocycles. The number of rotatable bonds is 4. The molecule has 0 spiro atoms. The zero-order valence-corrected chi connectivity index (χ0v) is 12.7. The Morgan fingerprint density at radius 1 is 1.05 bits per heavy atom. The maximum Gasteiger partial charge on any atom is 0.179 e. The Hall–Kier alpha value is -0.950. The molecule has 0 bridgehead atoms. The molecule has 0 atom stereocenters. The van der Waals surface area contributed by atoms with Gasteiger partial charge in [-0.25, -0.2) is 21.2 Å². The third kappa shape index (κ3) is 4.01. The summed E-state index contributed by atoms with van der Waals surface area (Å²) >= 11 is 0. The van der Waals surface area contributed by atoms with Crippen LogP contribution in [0.15, 0.2) is 29.2 Å². The molecule has 1 rings (SSSR count). The molecule has 0 aliphatic heterocycles. The predicted octanol–water partition coefficient (Wildman–Crippen LogP) is 1.81. The van der Waals surface area contributed by atoms with Crippen molar-refractivity contribution in [3.05, 3.63) is 30.1 Å². The zero-order valence-electron chi connectivity index (χ0n) is 11.1. The monoisotopic (exact) mass is 308 g/mol. The second-order valence-electron chi connectivity index (χ2n) is 5.21. The van der Waals surface area contributed by atoms with Crippen molar-refractivity contribution in [3.8, 4) is 0 Å². The SMILES string of the molecule is CC(C)(C)S(=O)(=O)CCS(=O)(=O)c1cccc(F)c1. The van der Waals surface area contributed by atoms with E-state index in [9.17, 15) is 21.2 Å². The summed E-state index contributed by atoms with van der Waals surface area (Å²) in [4.78, 5) is -0.198. The average Bonchev–Trinajstić information content (AvgIpc) is 2.25. The minimum Gasteiger partial charge on any atom is -0.228 e. The minimum atomic E-state index is -3.80. The molecule has 0 heterocycles. The van der Waals surface area contributed by atoms with Crippen LogP contribution in [0.2, 0.25) is 0 Å². The lowest BCUT2D eigenvalue weighted by molar-refractivity contribution is 0.559. The van der Waals surface area contributed by atoms with Gasteiger partial charge in [0.2, 0.25) is 0 Å². The molecule has 0 N–H and O–H groups in total. The summed E-state index contributed by atoms with van der Waals surface area (Å²) in [6, 6.07) is 4.55. The fraction of sp³-hybridized carbons (Fsp3) is 0.500. The van der Waals surface area contributed by atoms with E-state index in [1.165, 1.54) is 32.9 Å². The van der Waals surface area contributed by atoms with Crippen LogP contribution in [0.1, 0.15) is 20.8 Å². The molecule has 19 heavy (non-hydrogen) atoms. The topological polar surface area (TPSA) is 68.3 Å². The summed E-state index contributed by atoms with van der Waals surface area (Å²) in [6.45, 7) is 4.53. The first kappa shape index (κ1) is 16.1. The highest BCUT2D eigenvalue weighted by atomic mass is 32.2. The van der Waals surface area contributed by atoms with E-state index in [1.54, 1.807) is 0 Å². The lowest BCUT2D eigenvalue weighted by Crippen LogP contribution is -2.33. The smallest absolute Gasteiger partial charge is 0.179 e.